The van der Waals surface area contributed by atoms with Crippen molar-refractivity contribution in [1.82, 2.24) is 9.97 Å². The van der Waals surface area contributed by atoms with Gasteiger partial charge in [0.2, 0.25) is 5.82 Å². The highest BCUT2D eigenvalue weighted by Crippen LogP contribution is 2.34. The quantitative estimate of drug-likeness (QED) is 0.420. The Bertz CT molecular complexity index is 1080. The second kappa shape index (κ2) is 6.55. The number of methoxy groups -OCH3 is 1. The summed E-state index contributed by atoms with van der Waals surface area (Å²) in [5.74, 6) is -0.431. The van der Waals surface area contributed by atoms with E-state index in [0.717, 1.165) is 22.2 Å². The Kier molecular flexibility index (Phi) is 4.19. The first-order valence-electron chi connectivity index (χ1n) is 8.24. The van der Waals surface area contributed by atoms with E-state index < -0.39 is 10.9 Å². The van der Waals surface area contributed by atoms with E-state index in [9.17, 15) is 14.9 Å². The minimum absolute atomic E-state index is 0.0459. The zero-order chi connectivity index (χ0) is 19.1. The van der Waals surface area contributed by atoms with Crippen molar-refractivity contribution < 1.29 is 14.5 Å². The van der Waals surface area contributed by atoms with Crippen molar-refractivity contribution in [3.05, 3.63) is 62.4 Å². The van der Waals surface area contributed by atoms with Crippen LogP contribution in [0.1, 0.15) is 21.6 Å². The third-order valence-electron chi connectivity index (χ3n) is 4.70. The summed E-state index contributed by atoms with van der Waals surface area (Å²) in [7, 11) is 1.22. The van der Waals surface area contributed by atoms with Gasteiger partial charge in [0, 0.05) is 59.0 Å². The number of carbonyl (C=O) groups excluding carboxylic acids is 1. The maximum absolute atomic E-state index is 11.7. The number of aromatic amines is 1. The fourth-order valence-electron chi connectivity index (χ4n) is 3.42. The molecule has 4 rings (SSSR count). The minimum atomic E-state index is -0.663. The first-order valence-corrected chi connectivity index (χ1v) is 8.62. The average Bonchev–Trinajstić information content (AvgIpc) is 3.03. The SMILES string of the molecule is COC(=O)c1cnc(N2CCc3[nH]c4ccc(Cl)cc4c3C2)c([N+](=O)[O-])c1. The van der Waals surface area contributed by atoms with Crippen LogP contribution < -0.4 is 4.90 Å². The van der Waals surface area contributed by atoms with Crippen LogP contribution in [0.5, 0.6) is 0 Å². The normalized spacial score (nSPS) is 13.5. The molecule has 3 heterocycles. The van der Waals surface area contributed by atoms with E-state index in [2.05, 4.69) is 14.7 Å². The Hall–Kier alpha value is -3.13. The van der Waals surface area contributed by atoms with Gasteiger partial charge in [-0.3, -0.25) is 10.1 Å². The van der Waals surface area contributed by atoms with Crippen molar-refractivity contribution in [2.75, 3.05) is 18.6 Å². The summed E-state index contributed by atoms with van der Waals surface area (Å²) in [5, 5.41) is 13.2. The van der Waals surface area contributed by atoms with Crippen LogP contribution in [-0.2, 0) is 17.7 Å². The number of aromatic nitrogens is 2. The maximum Gasteiger partial charge on any atom is 0.339 e. The largest absolute Gasteiger partial charge is 0.465 e. The molecular weight excluding hydrogens is 372 g/mol. The number of nitrogens with zero attached hydrogens (tertiary/aromatic N) is 3. The number of hydrogen-bond acceptors (Lipinski definition) is 6. The molecule has 0 spiro atoms. The van der Waals surface area contributed by atoms with Crippen LogP contribution in [0.3, 0.4) is 0 Å². The second-order valence-corrected chi connectivity index (χ2v) is 6.70. The Balaban J connectivity index is 1.75. The molecule has 0 fully saturated rings. The van der Waals surface area contributed by atoms with Crippen molar-refractivity contribution in [3.63, 3.8) is 0 Å². The Morgan fingerprint density at radius 2 is 2.22 bits per heavy atom. The van der Waals surface area contributed by atoms with Gasteiger partial charge in [0.25, 0.3) is 0 Å². The fraction of sp³-hybridized carbons (Fsp3) is 0.222. The summed E-state index contributed by atoms with van der Waals surface area (Å²) in [6, 6.07) is 6.83. The number of nitrogens with one attached hydrogen (secondary N) is 1. The van der Waals surface area contributed by atoms with E-state index in [4.69, 9.17) is 11.6 Å². The van der Waals surface area contributed by atoms with Crippen LogP contribution in [0.25, 0.3) is 10.9 Å². The number of fused-ring (bicyclic) bond motifs is 3. The number of pyridine rings is 1. The van der Waals surface area contributed by atoms with Crippen molar-refractivity contribution in [2.24, 2.45) is 0 Å². The zero-order valence-electron chi connectivity index (χ0n) is 14.4. The number of carbonyl (C=O) groups is 1. The number of ether oxygens (including phenoxy) is 1. The van der Waals surface area contributed by atoms with Crippen LogP contribution in [0.4, 0.5) is 11.5 Å². The summed E-state index contributed by atoms with van der Waals surface area (Å²) in [6.45, 7) is 1.03. The van der Waals surface area contributed by atoms with Gasteiger partial charge in [-0.15, -0.1) is 0 Å². The monoisotopic (exact) mass is 386 g/mol. The van der Waals surface area contributed by atoms with Crippen LogP contribution >= 0.6 is 11.6 Å². The predicted octanol–water partition coefficient (Wildman–Crippen LogP) is 3.47. The molecule has 1 aliphatic heterocycles. The van der Waals surface area contributed by atoms with Crippen molar-refractivity contribution in [1.29, 1.82) is 0 Å². The van der Waals surface area contributed by atoms with E-state index in [1.807, 2.05) is 23.1 Å². The lowest BCUT2D eigenvalue weighted by Crippen LogP contribution is -2.31. The molecule has 1 aliphatic rings. The van der Waals surface area contributed by atoms with Gasteiger partial charge in [-0.25, -0.2) is 9.78 Å². The highest BCUT2D eigenvalue weighted by atomic mass is 35.5. The number of esters is 1. The molecule has 9 heteroatoms. The molecule has 3 aromatic rings. The Morgan fingerprint density at radius 1 is 1.41 bits per heavy atom. The molecule has 1 N–H and O–H groups in total. The molecule has 8 nitrogen and oxygen atoms in total. The van der Waals surface area contributed by atoms with Crippen LogP contribution in [0, 0.1) is 10.1 Å². The lowest BCUT2D eigenvalue weighted by Gasteiger charge is -2.28. The maximum atomic E-state index is 11.7. The summed E-state index contributed by atoms with van der Waals surface area (Å²) in [5.41, 5.74) is 2.95. The van der Waals surface area contributed by atoms with Crippen molar-refractivity contribution >= 4 is 40.0 Å². The molecule has 0 amide bonds. The van der Waals surface area contributed by atoms with Gasteiger partial charge < -0.3 is 14.6 Å². The molecule has 138 valence electrons. The lowest BCUT2D eigenvalue weighted by atomic mass is 10.0. The first-order chi connectivity index (χ1) is 13.0. The smallest absolute Gasteiger partial charge is 0.339 e. The number of halogens is 1. The molecule has 2 aromatic heterocycles. The highest BCUT2D eigenvalue weighted by Gasteiger charge is 2.28. The van der Waals surface area contributed by atoms with Crippen molar-refractivity contribution in [3.8, 4) is 0 Å². The van der Waals surface area contributed by atoms with E-state index >= 15 is 0 Å². The zero-order valence-corrected chi connectivity index (χ0v) is 15.1. The topological polar surface area (TPSA) is 101 Å². The van der Waals surface area contributed by atoms with Gasteiger partial charge in [-0.2, -0.15) is 0 Å². The lowest BCUT2D eigenvalue weighted by molar-refractivity contribution is -0.384. The molecule has 27 heavy (non-hydrogen) atoms. The van der Waals surface area contributed by atoms with E-state index in [1.165, 1.54) is 19.4 Å². The molecule has 0 radical (unpaired) electrons. The van der Waals surface area contributed by atoms with Crippen LogP contribution in [0.2, 0.25) is 5.02 Å². The number of rotatable bonds is 3. The van der Waals surface area contributed by atoms with E-state index in [1.54, 1.807) is 0 Å². The summed E-state index contributed by atoms with van der Waals surface area (Å²) in [6.07, 6.45) is 2.00. The van der Waals surface area contributed by atoms with Crippen LogP contribution in [-0.4, -0.2) is 34.5 Å². The Labute approximate surface area is 158 Å². The molecule has 1 aromatic carbocycles. The highest BCUT2D eigenvalue weighted by molar-refractivity contribution is 6.31. The first kappa shape index (κ1) is 17.3. The average molecular weight is 387 g/mol. The third-order valence-corrected chi connectivity index (χ3v) is 4.94. The molecule has 0 unspecified atom stereocenters. The standard InChI is InChI=1S/C18H15ClN4O4/c1-27-18(24)10-6-16(23(25)26)17(20-8-10)22-5-4-15-13(9-22)12-7-11(19)2-3-14(12)21-15/h2-3,6-8,21H,4-5,9H2,1H3. The molecule has 0 aliphatic carbocycles. The van der Waals surface area contributed by atoms with Gasteiger partial charge in [-0.1, -0.05) is 11.6 Å². The summed E-state index contributed by atoms with van der Waals surface area (Å²) < 4.78 is 4.62. The molecule has 0 bridgehead atoms. The fourth-order valence-corrected chi connectivity index (χ4v) is 3.59. The number of H-pyrrole nitrogens is 1. The van der Waals surface area contributed by atoms with E-state index in [0.29, 0.717) is 24.5 Å². The minimum Gasteiger partial charge on any atom is -0.465 e. The molecule has 0 atom stereocenters. The molecule has 0 saturated heterocycles. The third kappa shape index (κ3) is 2.97. The van der Waals surface area contributed by atoms with Gasteiger partial charge in [0.05, 0.1) is 17.6 Å². The van der Waals surface area contributed by atoms with Gasteiger partial charge >= 0.3 is 11.7 Å². The van der Waals surface area contributed by atoms with Gasteiger partial charge in [-0.05, 0) is 18.2 Å². The summed E-state index contributed by atoms with van der Waals surface area (Å²) >= 11 is 6.13. The summed E-state index contributed by atoms with van der Waals surface area (Å²) in [4.78, 5) is 32.1. The van der Waals surface area contributed by atoms with Crippen LogP contribution in [0.15, 0.2) is 30.5 Å². The number of nitro groups is 1. The molecular formula is C18H15ClN4O4. The predicted molar refractivity (Wildman–Crippen MR) is 100 cm³/mol. The molecule has 0 saturated carbocycles. The number of hydrogen-bond donors (Lipinski definition) is 1. The second-order valence-electron chi connectivity index (χ2n) is 6.26. The van der Waals surface area contributed by atoms with E-state index in [-0.39, 0.29) is 17.1 Å². The van der Waals surface area contributed by atoms with Gasteiger partial charge in [0.1, 0.15) is 0 Å². The van der Waals surface area contributed by atoms with Crippen molar-refractivity contribution in [2.45, 2.75) is 13.0 Å². The van der Waals surface area contributed by atoms with Gasteiger partial charge in [0.15, 0.2) is 0 Å². The Morgan fingerprint density at radius 3 is 2.96 bits per heavy atom. The number of benzene rings is 1. The number of anilines is 1.